The fourth-order valence-electron chi connectivity index (χ4n) is 5.40. The van der Waals surface area contributed by atoms with Crippen LogP contribution in [0.1, 0.15) is 55.4 Å². The molecule has 0 spiro atoms. The number of carbonyl (C=O) groups excluding carboxylic acids is 1. The first-order chi connectivity index (χ1) is 14.5. The van der Waals surface area contributed by atoms with Gasteiger partial charge < -0.3 is 27.8 Å². The van der Waals surface area contributed by atoms with Gasteiger partial charge in [0.25, 0.3) is 5.82 Å². The van der Waals surface area contributed by atoms with E-state index in [1.165, 1.54) is 0 Å². The van der Waals surface area contributed by atoms with Gasteiger partial charge in [-0.2, -0.15) is 0 Å². The number of nitrogens with two attached hydrogens (primary N) is 1. The predicted octanol–water partition coefficient (Wildman–Crippen LogP) is 0.412. The molecule has 6 heteroatoms. The number of aliphatic hydroxyl groups excluding tert-OH is 1. The molecule has 0 aliphatic heterocycles. The maximum atomic E-state index is 13.2. The maximum absolute atomic E-state index is 13.2. The third-order valence-electron chi connectivity index (χ3n) is 6.80. The monoisotopic (exact) mass is 483 g/mol. The zero-order chi connectivity index (χ0) is 21.3. The van der Waals surface area contributed by atoms with Crippen molar-refractivity contribution in [2.24, 2.45) is 11.7 Å². The molecule has 1 amide bonds. The lowest BCUT2D eigenvalue weighted by Gasteiger charge is -2.37. The van der Waals surface area contributed by atoms with Gasteiger partial charge >= 0.3 is 0 Å². The summed E-state index contributed by atoms with van der Waals surface area (Å²) < 4.78 is 4.09. The number of aromatic nitrogens is 2. The fraction of sp³-hybridized carbons (Fsp3) is 0.360. The lowest BCUT2D eigenvalue weighted by molar-refractivity contribution is -0.727. The number of amides is 1. The molecule has 4 rings (SSSR count). The second-order valence-corrected chi connectivity index (χ2v) is 8.36. The number of rotatable bonds is 6. The molecule has 0 bridgehead atoms. The van der Waals surface area contributed by atoms with E-state index in [0.29, 0.717) is 0 Å². The zero-order valence-corrected chi connectivity index (χ0v) is 19.6. The van der Waals surface area contributed by atoms with Gasteiger partial charge in [-0.1, -0.05) is 60.7 Å². The Balaban J connectivity index is 0.00000272. The van der Waals surface area contributed by atoms with Crippen LogP contribution < -0.4 is 27.3 Å². The van der Waals surface area contributed by atoms with E-state index in [1.807, 2.05) is 84.5 Å². The van der Waals surface area contributed by atoms with Crippen molar-refractivity contribution in [3.63, 3.8) is 0 Å². The SMILES string of the molecule is Cc1n(C(C)O)cc[n+]1[C@@H]1CC[C@H](C(C(N)=O)(c2ccccc2)c2ccccc2)C1.[Br-]. The number of hydrogen-bond donors (Lipinski definition) is 2. The van der Waals surface area contributed by atoms with Gasteiger partial charge in [0, 0.05) is 13.8 Å². The second-order valence-electron chi connectivity index (χ2n) is 8.36. The van der Waals surface area contributed by atoms with E-state index in [2.05, 4.69) is 4.57 Å². The van der Waals surface area contributed by atoms with E-state index in [9.17, 15) is 9.90 Å². The van der Waals surface area contributed by atoms with Crippen molar-refractivity contribution in [2.45, 2.75) is 50.8 Å². The molecule has 3 atom stereocenters. The Labute approximate surface area is 194 Å². The van der Waals surface area contributed by atoms with Crippen LogP contribution in [0.4, 0.5) is 0 Å². The minimum atomic E-state index is -0.863. The van der Waals surface area contributed by atoms with Crippen LogP contribution in [-0.4, -0.2) is 15.6 Å². The lowest BCUT2D eigenvalue weighted by Crippen LogP contribution is -3.00. The average molecular weight is 484 g/mol. The van der Waals surface area contributed by atoms with Crippen molar-refractivity contribution in [3.8, 4) is 0 Å². The predicted molar refractivity (Wildman–Crippen MR) is 116 cm³/mol. The third kappa shape index (κ3) is 3.94. The first-order valence-electron chi connectivity index (χ1n) is 10.6. The van der Waals surface area contributed by atoms with E-state index in [4.69, 9.17) is 5.73 Å². The number of benzene rings is 2. The summed E-state index contributed by atoms with van der Waals surface area (Å²) in [5.74, 6) is 0.806. The van der Waals surface area contributed by atoms with Gasteiger partial charge in [0.2, 0.25) is 5.91 Å². The Hall–Kier alpha value is -2.44. The highest BCUT2D eigenvalue weighted by molar-refractivity contribution is 5.91. The molecule has 31 heavy (non-hydrogen) atoms. The van der Waals surface area contributed by atoms with Crippen molar-refractivity contribution in [2.75, 3.05) is 0 Å². The summed E-state index contributed by atoms with van der Waals surface area (Å²) in [7, 11) is 0. The first kappa shape index (κ1) is 23.2. The highest BCUT2D eigenvalue weighted by Crippen LogP contribution is 2.48. The van der Waals surface area contributed by atoms with Crippen molar-refractivity contribution in [3.05, 3.63) is 90.0 Å². The highest BCUT2D eigenvalue weighted by atomic mass is 79.9. The molecule has 1 aromatic heterocycles. The standard InChI is InChI=1S/C25H29N3O2.BrH/c1-18-27(19(2)29)15-16-28(18)23-14-13-22(17-23)25(24(26)30,20-9-5-3-6-10-20)21-11-7-4-8-12-21;/h3-12,15-16,19,22-23,29H,13-14,17H2,1-2H3,(H-,26,30);1H/t19?,22-,23+;/m0./s1. The molecular weight excluding hydrogens is 454 g/mol. The highest BCUT2D eigenvalue weighted by Gasteiger charge is 2.51. The van der Waals surface area contributed by atoms with Gasteiger partial charge in [-0.15, -0.1) is 0 Å². The summed E-state index contributed by atoms with van der Waals surface area (Å²) >= 11 is 0. The Kier molecular flexibility index (Phi) is 7.02. The summed E-state index contributed by atoms with van der Waals surface area (Å²) in [6.07, 6.45) is 6.11. The molecule has 164 valence electrons. The van der Waals surface area contributed by atoms with Gasteiger partial charge in [-0.05, 0) is 36.3 Å². The first-order valence-corrected chi connectivity index (χ1v) is 10.6. The average Bonchev–Trinajstić information content (AvgIpc) is 3.37. The minimum absolute atomic E-state index is 0. The number of imidazole rings is 1. The van der Waals surface area contributed by atoms with E-state index in [0.717, 1.165) is 36.2 Å². The molecule has 3 N–H and O–H groups in total. The van der Waals surface area contributed by atoms with E-state index < -0.39 is 11.6 Å². The topological polar surface area (TPSA) is 72.1 Å². The number of hydrogen-bond acceptors (Lipinski definition) is 2. The van der Waals surface area contributed by atoms with Crippen LogP contribution in [-0.2, 0) is 10.2 Å². The summed E-state index contributed by atoms with van der Waals surface area (Å²) in [6.45, 7) is 3.79. The number of nitrogens with zero attached hydrogens (tertiary/aromatic N) is 2. The van der Waals surface area contributed by atoms with Crippen molar-refractivity contribution in [1.29, 1.82) is 0 Å². The van der Waals surface area contributed by atoms with Gasteiger partial charge in [0.05, 0.1) is 0 Å². The van der Waals surface area contributed by atoms with Crippen LogP contribution in [0.2, 0.25) is 0 Å². The molecule has 5 nitrogen and oxygen atoms in total. The number of halogens is 1. The Morgan fingerprint density at radius 1 is 1.10 bits per heavy atom. The molecule has 0 saturated heterocycles. The van der Waals surface area contributed by atoms with E-state index in [-0.39, 0.29) is 34.8 Å². The van der Waals surface area contributed by atoms with Gasteiger partial charge in [-0.25, -0.2) is 9.13 Å². The van der Waals surface area contributed by atoms with Crippen LogP contribution in [0.25, 0.3) is 0 Å². The van der Waals surface area contributed by atoms with Crippen LogP contribution in [0.5, 0.6) is 0 Å². The van der Waals surface area contributed by atoms with Crippen molar-refractivity contribution < 1.29 is 31.4 Å². The second kappa shape index (κ2) is 9.37. The Bertz CT molecular complexity index is 978. The van der Waals surface area contributed by atoms with Gasteiger partial charge in [-0.3, -0.25) is 4.79 Å². The number of carbonyl (C=O) groups is 1. The summed E-state index contributed by atoms with van der Waals surface area (Å²) in [5.41, 5.74) is 7.24. The molecule has 1 fully saturated rings. The van der Waals surface area contributed by atoms with Crippen LogP contribution in [0.3, 0.4) is 0 Å². The number of aliphatic hydroxyl groups is 1. The molecule has 1 saturated carbocycles. The van der Waals surface area contributed by atoms with E-state index >= 15 is 0 Å². The molecule has 3 aromatic rings. The minimum Gasteiger partial charge on any atom is -1.00 e. The normalized spacial score (nSPS) is 19.6. The van der Waals surface area contributed by atoms with Crippen molar-refractivity contribution in [1.82, 2.24) is 4.57 Å². The summed E-state index contributed by atoms with van der Waals surface area (Å²) in [4.78, 5) is 13.2. The molecule has 1 heterocycles. The fourth-order valence-corrected chi connectivity index (χ4v) is 5.40. The largest absolute Gasteiger partial charge is 1.00 e. The zero-order valence-electron chi connectivity index (χ0n) is 18.0. The molecule has 1 aliphatic rings. The van der Waals surface area contributed by atoms with E-state index in [1.54, 1.807) is 6.92 Å². The molecule has 1 aliphatic carbocycles. The third-order valence-corrected chi connectivity index (χ3v) is 6.80. The smallest absolute Gasteiger partial charge is 0.255 e. The summed E-state index contributed by atoms with van der Waals surface area (Å²) in [5, 5.41) is 10.0. The lowest BCUT2D eigenvalue weighted by atomic mass is 9.64. The van der Waals surface area contributed by atoms with Crippen LogP contribution >= 0.6 is 0 Å². The summed E-state index contributed by atoms with van der Waals surface area (Å²) in [6, 6.07) is 20.2. The van der Waals surface area contributed by atoms with Gasteiger partial charge in [0.1, 0.15) is 23.9 Å². The number of primary amides is 1. The molecule has 1 unspecified atom stereocenters. The Morgan fingerprint density at radius 2 is 1.65 bits per heavy atom. The van der Waals surface area contributed by atoms with Crippen LogP contribution in [0.15, 0.2) is 73.1 Å². The maximum Gasteiger partial charge on any atom is 0.255 e. The van der Waals surface area contributed by atoms with Crippen LogP contribution in [0, 0.1) is 12.8 Å². The molecule has 0 radical (unpaired) electrons. The van der Waals surface area contributed by atoms with Crippen molar-refractivity contribution >= 4 is 5.91 Å². The molecular formula is C25H30BrN3O2. The Morgan fingerprint density at radius 3 is 2.10 bits per heavy atom. The van der Waals surface area contributed by atoms with Gasteiger partial charge in [0.15, 0.2) is 6.23 Å². The molecule has 2 aromatic carbocycles. The quantitative estimate of drug-likeness (QED) is 0.498.